The molecule has 2 aromatic carbocycles. The topological polar surface area (TPSA) is 75.6 Å². The lowest BCUT2D eigenvalue weighted by Gasteiger charge is -2.08. The maximum Gasteiger partial charge on any atom is 0.303 e. The average Bonchev–Trinajstić information content (AvgIpc) is 2.59. The van der Waals surface area contributed by atoms with Crippen LogP contribution >= 0.6 is 11.6 Å². The third-order valence-corrected chi connectivity index (χ3v) is 3.75. The summed E-state index contributed by atoms with van der Waals surface area (Å²) in [6, 6.07) is 15.2. The Labute approximate surface area is 151 Å². The molecule has 1 amide bonds. The van der Waals surface area contributed by atoms with Crippen LogP contribution in [-0.2, 0) is 22.6 Å². The number of benzene rings is 2. The van der Waals surface area contributed by atoms with Gasteiger partial charge in [-0.2, -0.15) is 0 Å². The summed E-state index contributed by atoms with van der Waals surface area (Å²) in [5, 5.41) is 11.9. The van der Waals surface area contributed by atoms with Crippen molar-refractivity contribution < 1.29 is 19.4 Å². The van der Waals surface area contributed by atoms with Gasteiger partial charge in [0.25, 0.3) is 0 Å². The van der Waals surface area contributed by atoms with Crippen molar-refractivity contribution in [3.63, 3.8) is 0 Å². The van der Waals surface area contributed by atoms with Crippen LogP contribution in [-0.4, -0.2) is 23.5 Å². The molecule has 2 aromatic rings. The van der Waals surface area contributed by atoms with Gasteiger partial charge in [-0.15, -0.1) is 0 Å². The highest BCUT2D eigenvalue weighted by Crippen LogP contribution is 2.16. The molecular weight excluding hydrogens is 342 g/mol. The van der Waals surface area contributed by atoms with Crippen LogP contribution in [0.4, 0.5) is 0 Å². The van der Waals surface area contributed by atoms with Crippen molar-refractivity contribution in [2.75, 3.05) is 6.54 Å². The van der Waals surface area contributed by atoms with Gasteiger partial charge in [-0.25, -0.2) is 0 Å². The summed E-state index contributed by atoms with van der Waals surface area (Å²) in [5.41, 5.74) is 2.06. The first kappa shape index (κ1) is 18.8. The predicted octanol–water partition coefficient (Wildman–Crippen LogP) is 3.44. The molecule has 25 heavy (non-hydrogen) atoms. The van der Waals surface area contributed by atoms with Crippen molar-refractivity contribution in [3.05, 3.63) is 64.7 Å². The van der Waals surface area contributed by atoms with E-state index in [0.29, 0.717) is 24.6 Å². The van der Waals surface area contributed by atoms with E-state index in [4.69, 9.17) is 21.4 Å². The summed E-state index contributed by atoms with van der Waals surface area (Å²) in [4.78, 5) is 21.8. The van der Waals surface area contributed by atoms with Crippen LogP contribution in [0.25, 0.3) is 0 Å². The smallest absolute Gasteiger partial charge is 0.303 e. The Morgan fingerprint density at radius 3 is 2.48 bits per heavy atom. The molecule has 0 fully saturated rings. The van der Waals surface area contributed by atoms with E-state index in [1.54, 1.807) is 0 Å². The minimum absolute atomic E-state index is 0.00557. The van der Waals surface area contributed by atoms with Crippen LogP contribution in [0.2, 0.25) is 5.02 Å². The second-order valence-corrected chi connectivity index (χ2v) is 5.99. The molecule has 5 nitrogen and oxygen atoms in total. The highest BCUT2D eigenvalue weighted by molar-refractivity contribution is 6.30. The zero-order chi connectivity index (χ0) is 18.1. The van der Waals surface area contributed by atoms with Crippen molar-refractivity contribution in [1.82, 2.24) is 5.32 Å². The van der Waals surface area contributed by atoms with E-state index in [1.807, 2.05) is 48.5 Å². The minimum Gasteiger partial charge on any atom is -0.489 e. The average molecular weight is 362 g/mol. The van der Waals surface area contributed by atoms with Crippen molar-refractivity contribution in [3.8, 4) is 5.75 Å². The number of hydrogen-bond donors (Lipinski definition) is 2. The summed E-state index contributed by atoms with van der Waals surface area (Å²) >= 11 is 5.94. The molecule has 2 rings (SSSR count). The molecule has 0 unspecified atom stereocenters. The van der Waals surface area contributed by atoms with Crippen LogP contribution in [0.5, 0.6) is 5.75 Å². The van der Waals surface area contributed by atoms with Gasteiger partial charge in [0.2, 0.25) is 5.91 Å². The molecule has 0 heterocycles. The predicted molar refractivity (Wildman–Crippen MR) is 95.8 cm³/mol. The molecule has 0 spiro atoms. The molecular formula is C19H20ClNO4. The zero-order valence-corrected chi connectivity index (χ0v) is 14.5. The molecule has 132 valence electrons. The van der Waals surface area contributed by atoms with Crippen LogP contribution in [0, 0.1) is 0 Å². The van der Waals surface area contributed by atoms with Gasteiger partial charge < -0.3 is 15.2 Å². The Morgan fingerprint density at radius 2 is 1.80 bits per heavy atom. The largest absolute Gasteiger partial charge is 0.489 e. The van der Waals surface area contributed by atoms with E-state index >= 15 is 0 Å². The Bertz CT molecular complexity index is 716. The highest BCUT2D eigenvalue weighted by Gasteiger charge is 2.04. The second kappa shape index (κ2) is 9.69. The van der Waals surface area contributed by atoms with Gasteiger partial charge in [0.15, 0.2) is 0 Å². The lowest BCUT2D eigenvalue weighted by Crippen LogP contribution is -2.25. The third-order valence-electron chi connectivity index (χ3n) is 3.52. The SMILES string of the molecule is O=C(O)CCC(=O)NCCc1ccc(OCc2cccc(Cl)c2)cc1. The van der Waals surface area contributed by atoms with Crippen LogP contribution in [0.15, 0.2) is 48.5 Å². The van der Waals surface area contributed by atoms with Gasteiger partial charge in [0.1, 0.15) is 12.4 Å². The second-order valence-electron chi connectivity index (χ2n) is 5.56. The van der Waals surface area contributed by atoms with Gasteiger partial charge in [-0.05, 0) is 41.8 Å². The summed E-state index contributed by atoms with van der Waals surface area (Å²) in [6.07, 6.45) is 0.531. The van der Waals surface area contributed by atoms with Crippen molar-refractivity contribution in [2.45, 2.75) is 25.9 Å². The molecule has 0 aliphatic carbocycles. The molecule has 0 aliphatic heterocycles. The Kier molecular flexibility index (Phi) is 7.29. The molecule has 0 atom stereocenters. The van der Waals surface area contributed by atoms with E-state index in [1.165, 1.54) is 0 Å². The van der Waals surface area contributed by atoms with E-state index in [2.05, 4.69) is 5.32 Å². The van der Waals surface area contributed by atoms with Gasteiger partial charge in [0.05, 0.1) is 6.42 Å². The van der Waals surface area contributed by atoms with E-state index < -0.39 is 5.97 Å². The third kappa shape index (κ3) is 7.27. The molecule has 0 radical (unpaired) electrons. The number of nitrogens with one attached hydrogen (secondary N) is 1. The first-order chi connectivity index (χ1) is 12.0. The minimum atomic E-state index is -0.969. The summed E-state index contributed by atoms with van der Waals surface area (Å²) < 4.78 is 5.72. The molecule has 2 N–H and O–H groups in total. The van der Waals surface area contributed by atoms with E-state index in [9.17, 15) is 9.59 Å². The monoisotopic (exact) mass is 361 g/mol. The number of carboxylic acid groups (broad SMARTS) is 1. The normalized spacial score (nSPS) is 10.3. The fourth-order valence-electron chi connectivity index (χ4n) is 2.20. The van der Waals surface area contributed by atoms with Crippen LogP contribution < -0.4 is 10.1 Å². The standard InChI is InChI=1S/C19H20ClNO4/c20-16-3-1-2-15(12-16)13-25-17-6-4-14(5-7-17)10-11-21-18(22)8-9-19(23)24/h1-7,12H,8-11,13H2,(H,21,22)(H,23,24). The molecule has 6 heteroatoms. The van der Waals surface area contributed by atoms with Gasteiger partial charge in [-0.1, -0.05) is 35.9 Å². The number of carbonyl (C=O) groups excluding carboxylic acids is 1. The lowest BCUT2D eigenvalue weighted by atomic mass is 10.1. The molecule has 0 saturated heterocycles. The summed E-state index contributed by atoms with van der Waals surface area (Å²) in [5.74, 6) is -0.457. The van der Waals surface area contributed by atoms with Crippen LogP contribution in [0.3, 0.4) is 0 Å². The van der Waals surface area contributed by atoms with Crippen LogP contribution in [0.1, 0.15) is 24.0 Å². The summed E-state index contributed by atoms with van der Waals surface area (Å²) in [6.45, 7) is 0.917. The molecule has 0 aromatic heterocycles. The number of ether oxygens (including phenoxy) is 1. The van der Waals surface area contributed by atoms with Gasteiger partial charge in [0, 0.05) is 18.0 Å². The fourth-order valence-corrected chi connectivity index (χ4v) is 2.41. The number of halogens is 1. The number of hydrogen-bond acceptors (Lipinski definition) is 3. The van der Waals surface area contributed by atoms with E-state index in [-0.39, 0.29) is 18.7 Å². The molecule has 0 aliphatic rings. The van der Waals surface area contributed by atoms with Gasteiger partial charge >= 0.3 is 5.97 Å². The molecule has 0 bridgehead atoms. The van der Waals surface area contributed by atoms with Crippen molar-refractivity contribution in [1.29, 1.82) is 0 Å². The Morgan fingerprint density at radius 1 is 1.04 bits per heavy atom. The summed E-state index contributed by atoms with van der Waals surface area (Å²) in [7, 11) is 0. The Balaban J connectivity index is 1.72. The number of carbonyl (C=O) groups is 2. The maximum atomic E-state index is 11.4. The highest BCUT2D eigenvalue weighted by atomic mass is 35.5. The molecule has 0 saturated carbocycles. The quantitative estimate of drug-likeness (QED) is 0.717. The first-order valence-electron chi connectivity index (χ1n) is 7.97. The maximum absolute atomic E-state index is 11.4. The van der Waals surface area contributed by atoms with Gasteiger partial charge in [-0.3, -0.25) is 9.59 Å². The Hall–Kier alpha value is -2.53. The first-order valence-corrected chi connectivity index (χ1v) is 8.35. The number of amides is 1. The van der Waals surface area contributed by atoms with E-state index in [0.717, 1.165) is 16.9 Å². The van der Waals surface area contributed by atoms with Crippen molar-refractivity contribution >= 4 is 23.5 Å². The zero-order valence-electron chi connectivity index (χ0n) is 13.7. The fraction of sp³-hybridized carbons (Fsp3) is 0.263. The number of carboxylic acids is 1. The number of rotatable bonds is 9. The van der Waals surface area contributed by atoms with Crippen molar-refractivity contribution in [2.24, 2.45) is 0 Å². The number of aliphatic carboxylic acids is 1. The lowest BCUT2D eigenvalue weighted by molar-refractivity contribution is -0.138.